The molecule has 3 heteroatoms. The topological polar surface area (TPSA) is 13.1 Å². The van der Waals surface area contributed by atoms with Gasteiger partial charge in [0.1, 0.15) is 5.76 Å². The quantitative estimate of drug-likeness (QED) is 0.594. The van der Waals surface area contributed by atoms with Gasteiger partial charge in [0.25, 0.3) is 0 Å². The first-order valence-electron chi connectivity index (χ1n) is 3.39. The van der Waals surface area contributed by atoms with Crippen molar-refractivity contribution in [2.24, 2.45) is 0 Å². The van der Waals surface area contributed by atoms with E-state index in [1.165, 1.54) is 0 Å². The van der Waals surface area contributed by atoms with Crippen molar-refractivity contribution in [2.45, 2.75) is 6.92 Å². The first-order chi connectivity index (χ1) is 5.65. The Labute approximate surface area is 90.2 Å². The second-order valence-corrected chi connectivity index (χ2v) is 3.78. The number of aryl methyl sites for hydroxylation is 1. The Hall–Kier alpha value is -0.220. The molecule has 0 fully saturated rings. The fraction of sp³-hybridized carbons (Fsp3) is 0.111. The summed E-state index contributed by atoms with van der Waals surface area (Å²) in [5.41, 5.74) is 1.04. The van der Waals surface area contributed by atoms with Gasteiger partial charge in [-0.05, 0) is 47.2 Å². The number of hydrogen-bond acceptors (Lipinski definition) is 1. The second-order valence-electron chi connectivity index (χ2n) is 2.31. The van der Waals surface area contributed by atoms with Crippen LogP contribution < -0.4 is 0 Å². The third-order valence-electron chi connectivity index (χ3n) is 1.37. The van der Waals surface area contributed by atoms with Crippen LogP contribution in [0.4, 0.5) is 0 Å². The number of hydrogen-bond donors (Lipinski definition) is 0. The predicted molar refractivity (Wildman–Crippen MR) is 60.2 cm³/mol. The predicted octanol–water partition coefficient (Wildman–Crippen LogP) is 3.96. The van der Waals surface area contributed by atoms with Crippen LogP contribution in [0.25, 0.3) is 5.03 Å². The molecule has 0 aliphatic carbocycles. The van der Waals surface area contributed by atoms with Gasteiger partial charge in [0.05, 0.1) is 5.03 Å². The van der Waals surface area contributed by atoms with E-state index < -0.39 is 0 Å². The van der Waals surface area contributed by atoms with E-state index in [4.69, 9.17) is 16.0 Å². The molecule has 1 aromatic rings. The van der Waals surface area contributed by atoms with Crippen molar-refractivity contribution < 1.29 is 4.42 Å². The molecule has 0 atom stereocenters. The van der Waals surface area contributed by atoms with Crippen LogP contribution in [-0.2, 0) is 0 Å². The van der Waals surface area contributed by atoms with Crippen LogP contribution in [0.15, 0.2) is 29.2 Å². The molecule has 0 radical (unpaired) electrons. The maximum Gasteiger partial charge on any atom is 0.164 e. The van der Waals surface area contributed by atoms with Crippen molar-refractivity contribution >= 4 is 39.2 Å². The molecule has 12 heavy (non-hydrogen) atoms. The van der Waals surface area contributed by atoms with E-state index in [2.05, 4.69) is 29.2 Å². The Bertz CT molecular complexity index is 325. The highest BCUT2D eigenvalue weighted by molar-refractivity contribution is 14.1. The molecule has 0 aliphatic rings. The van der Waals surface area contributed by atoms with E-state index in [1.54, 1.807) is 12.2 Å². The van der Waals surface area contributed by atoms with Crippen LogP contribution in [0.1, 0.15) is 11.3 Å². The summed E-state index contributed by atoms with van der Waals surface area (Å²) in [6.45, 7) is 5.52. The van der Waals surface area contributed by atoms with Crippen molar-refractivity contribution in [1.29, 1.82) is 0 Å². The maximum atomic E-state index is 5.92. The molecule has 0 aromatic carbocycles. The average Bonchev–Trinajstić information content (AvgIpc) is 2.30. The smallest absolute Gasteiger partial charge is 0.164 e. The van der Waals surface area contributed by atoms with E-state index in [0.29, 0.717) is 5.03 Å². The van der Waals surface area contributed by atoms with E-state index in [1.807, 2.05) is 13.0 Å². The highest BCUT2D eigenvalue weighted by Crippen LogP contribution is 2.26. The van der Waals surface area contributed by atoms with Gasteiger partial charge in [-0.2, -0.15) is 0 Å². The summed E-state index contributed by atoms with van der Waals surface area (Å²) < 4.78 is 6.21. The number of halogens is 2. The van der Waals surface area contributed by atoms with Gasteiger partial charge in [-0.15, -0.1) is 0 Å². The minimum atomic E-state index is 0.588. The molecule has 1 rings (SSSR count). The molecule has 1 nitrogen and oxygen atoms in total. The lowest BCUT2D eigenvalue weighted by Gasteiger charge is -1.92. The van der Waals surface area contributed by atoms with Crippen LogP contribution in [0.3, 0.4) is 0 Å². The fourth-order valence-electron chi connectivity index (χ4n) is 0.859. The monoisotopic (exact) mass is 294 g/mol. The Morgan fingerprint density at radius 2 is 2.42 bits per heavy atom. The first kappa shape index (κ1) is 9.86. The second kappa shape index (κ2) is 4.14. The number of allylic oxidation sites excluding steroid dienone is 2. The third kappa shape index (κ3) is 2.14. The first-order valence-corrected chi connectivity index (χ1v) is 4.85. The summed E-state index contributed by atoms with van der Waals surface area (Å²) in [4.78, 5) is 0. The van der Waals surface area contributed by atoms with Gasteiger partial charge in [-0.1, -0.05) is 24.3 Å². The summed E-state index contributed by atoms with van der Waals surface area (Å²) in [7, 11) is 0. The van der Waals surface area contributed by atoms with Gasteiger partial charge in [-0.3, -0.25) is 0 Å². The van der Waals surface area contributed by atoms with Gasteiger partial charge < -0.3 is 4.42 Å². The summed E-state index contributed by atoms with van der Waals surface area (Å²) >= 11 is 8.03. The van der Waals surface area contributed by atoms with Crippen molar-refractivity contribution in [3.05, 3.63) is 39.9 Å². The lowest BCUT2D eigenvalue weighted by molar-refractivity contribution is 0.525. The average molecular weight is 295 g/mol. The van der Waals surface area contributed by atoms with Crippen LogP contribution in [0.2, 0.25) is 0 Å². The molecule has 0 amide bonds. The molecule has 0 saturated carbocycles. The van der Waals surface area contributed by atoms with Crippen LogP contribution in [0, 0.1) is 10.7 Å². The van der Waals surface area contributed by atoms with Gasteiger partial charge in [0, 0.05) is 0 Å². The van der Waals surface area contributed by atoms with Crippen LogP contribution in [0.5, 0.6) is 0 Å². The normalized spacial score (nSPS) is 11.8. The fourth-order valence-corrected chi connectivity index (χ4v) is 1.82. The lowest BCUT2D eigenvalue weighted by atomic mass is 10.2. The molecular formula is C9H8ClIO. The van der Waals surface area contributed by atoms with Crippen molar-refractivity contribution in [3.63, 3.8) is 0 Å². The third-order valence-corrected chi connectivity index (χ3v) is 2.20. The van der Waals surface area contributed by atoms with Crippen LogP contribution >= 0.6 is 34.2 Å². The SMILES string of the molecule is C=C/C=C(/Cl)c1oc(I)cc1C. The van der Waals surface area contributed by atoms with E-state index in [0.717, 1.165) is 15.1 Å². The largest absolute Gasteiger partial charge is 0.449 e. The molecule has 0 unspecified atom stereocenters. The van der Waals surface area contributed by atoms with Gasteiger partial charge in [0.2, 0.25) is 0 Å². The van der Waals surface area contributed by atoms with Gasteiger partial charge >= 0.3 is 0 Å². The standard InChI is InChI=1S/C9H8ClIO/c1-3-4-7(10)9-6(2)5-8(11)12-9/h3-5H,1H2,2H3/b7-4+. The van der Waals surface area contributed by atoms with Crippen LogP contribution in [-0.4, -0.2) is 0 Å². The zero-order valence-corrected chi connectivity index (χ0v) is 9.52. The molecule has 0 saturated heterocycles. The molecule has 0 aliphatic heterocycles. The summed E-state index contributed by atoms with van der Waals surface area (Å²) in [5, 5.41) is 0.588. The number of furan rings is 1. The summed E-state index contributed by atoms with van der Waals surface area (Å²) in [6, 6.07) is 1.94. The molecule has 0 bridgehead atoms. The Morgan fingerprint density at radius 1 is 1.75 bits per heavy atom. The minimum Gasteiger partial charge on any atom is -0.449 e. The van der Waals surface area contributed by atoms with Crippen molar-refractivity contribution in [3.8, 4) is 0 Å². The van der Waals surface area contributed by atoms with Crippen molar-refractivity contribution in [1.82, 2.24) is 0 Å². The van der Waals surface area contributed by atoms with Crippen molar-refractivity contribution in [2.75, 3.05) is 0 Å². The molecule has 0 spiro atoms. The highest BCUT2D eigenvalue weighted by Gasteiger charge is 2.07. The van der Waals surface area contributed by atoms with E-state index in [-0.39, 0.29) is 0 Å². The highest BCUT2D eigenvalue weighted by atomic mass is 127. The Balaban J connectivity index is 3.10. The number of rotatable bonds is 2. The Kier molecular flexibility index (Phi) is 3.40. The van der Waals surface area contributed by atoms with E-state index in [9.17, 15) is 0 Å². The van der Waals surface area contributed by atoms with Gasteiger partial charge in [-0.25, -0.2) is 0 Å². The Morgan fingerprint density at radius 3 is 2.83 bits per heavy atom. The lowest BCUT2D eigenvalue weighted by Crippen LogP contribution is -1.74. The maximum absolute atomic E-state index is 5.92. The molecule has 64 valence electrons. The zero-order chi connectivity index (χ0) is 9.14. The molecule has 0 N–H and O–H groups in total. The molecular weight excluding hydrogens is 286 g/mol. The molecule has 1 heterocycles. The summed E-state index contributed by atoms with van der Waals surface area (Å²) in [5.74, 6) is 0.723. The van der Waals surface area contributed by atoms with E-state index >= 15 is 0 Å². The summed E-state index contributed by atoms with van der Waals surface area (Å²) in [6.07, 6.45) is 3.35. The molecule has 1 aromatic heterocycles. The zero-order valence-electron chi connectivity index (χ0n) is 6.60. The minimum absolute atomic E-state index is 0.588. The van der Waals surface area contributed by atoms with Gasteiger partial charge in [0.15, 0.2) is 3.77 Å².